The third-order valence-electron chi connectivity index (χ3n) is 23.4. The van der Waals surface area contributed by atoms with Crippen LogP contribution < -0.4 is 31.9 Å². The van der Waals surface area contributed by atoms with Crippen LogP contribution in [0.5, 0.6) is 0 Å². The molecule has 0 bridgehead atoms. The number of nitrogens with one attached hydrogen (secondary N) is 12. The van der Waals surface area contributed by atoms with Crippen LogP contribution in [0.3, 0.4) is 0 Å². The topological polar surface area (TPSA) is 378 Å². The Morgan fingerprint density at radius 1 is 0.432 bits per heavy atom. The first kappa shape index (κ1) is 93.4. The number of H-pyrrole nitrogens is 6. The molecule has 0 aliphatic carbocycles. The van der Waals surface area contributed by atoms with E-state index in [1.165, 1.54) is 58.6 Å². The Morgan fingerprint density at radius 2 is 0.773 bits per heavy atom. The Bertz CT molecular complexity index is 7140. The number of rotatable bonds is 18. The zero-order chi connectivity index (χ0) is 94.7. The first-order valence-corrected chi connectivity index (χ1v) is 43.5. The van der Waals surface area contributed by atoms with Crippen molar-refractivity contribution < 1.29 is 26.3 Å². The van der Waals surface area contributed by atoms with Crippen molar-refractivity contribution in [1.29, 1.82) is 5.26 Å². The summed E-state index contributed by atoms with van der Waals surface area (Å²) < 4.78 is 90.8. The number of piperidine rings is 1. The zero-order valence-corrected chi connectivity index (χ0v) is 77.9. The summed E-state index contributed by atoms with van der Waals surface area (Å²) in [4.78, 5) is 46.8. The van der Waals surface area contributed by atoms with Crippen LogP contribution in [0, 0.1) is 39.0 Å². The second-order valence-electron chi connectivity index (χ2n) is 33.8. The monoisotopic (exact) mass is 1800 g/mol. The Labute approximate surface area is 758 Å². The Morgan fingerprint density at radius 3 is 1.12 bits per heavy atom. The van der Waals surface area contributed by atoms with E-state index >= 15 is 0 Å². The maximum absolute atomic E-state index is 13.4. The van der Waals surface area contributed by atoms with Gasteiger partial charge >= 0.3 is 12.4 Å². The fourth-order valence-corrected chi connectivity index (χ4v) is 16.6. The van der Waals surface area contributed by atoms with Crippen molar-refractivity contribution in [1.82, 2.24) is 123 Å². The third kappa shape index (κ3) is 19.1. The van der Waals surface area contributed by atoms with Gasteiger partial charge in [0.15, 0.2) is 0 Å². The largest absolute Gasteiger partial charge is 0.419 e. The van der Waals surface area contributed by atoms with Crippen LogP contribution in [0.4, 0.5) is 60.5 Å². The van der Waals surface area contributed by atoms with E-state index in [2.05, 4.69) is 222 Å². The highest BCUT2D eigenvalue weighted by Crippen LogP contribution is 2.46. The summed E-state index contributed by atoms with van der Waals surface area (Å²) in [6, 6.07) is 11.4. The molecule has 1 aliphatic rings. The van der Waals surface area contributed by atoms with Gasteiger partial charge in [-0.2, -0.15) is 62.2 Å². The average molecular weight is 1800 g/mol. The Hall–Kier alpha value is -14.8. The molecule has 12 N–H and O–H groups in total. The van der Waals surface area contributed by atoms with Gasteiger partial charge in [0.2, 0.25) is 0 Å². The number of aromatic nitrogens is 24. The molecule has 0 unspecified atom stereocenters. The van der Waals surface area contributed by atoms with Crippen LogP contribution in [0.15, 0.2) is 136 Å². The molecule has 690 valence electrons. The van der Waals surface area contributed by atoms with Gasteiger partial charge in [-0.05, 0) is 162 Å². The number of nitriles is 1. The van der Waals surface area contributed by atoms with Gasteiger partial charge < -0.3 is 66.7 Å². The molecule has 19 rings (SSSR count). The molecular weight excluding hydrogens is 1690 g/mol. The molecule has 0 amide bonds. The number of anilines is 6. The zero-order valence-electron chi connectivity index (χ0n) is 77.9. The van der Waals surface area contributed by atoms with Crippen molar-refractivity contribution in [2.24, 2.45) is 28.2 Å². The highest BCUT2D eigenvalue weighted by molar-refractivity contribution is 6.06. The molecule has 38 heteroatoms. The number of halogens is 6. The van der Waals surface area contributed by atoms with Gasteiger partial charge in [-0.25, -0.2) is 29.9 Å². The molecule has 0 saturated carbocycles. The molecule has 1 aliphatic heterocycles. The molecule has 0 atom stereocenters. The first-order valence-electron chi connectivity index (χ1n) is 43.5. The van der Waals surface area contributed by atoms with Crippen molar-refractivity contribution >= 4 is 100 Å². The van der Waals surface area contributed by atoms with E-state index in [0.29, 0.717) is 56.9 Å². The molecule has 0 aromatic carbocycles. The van der Waals surface area contributed by atoms with Crippen molar-refractivity contribution in [3.63, 3.8) is 0 Å². The molecule has 132 heavy (non-hydrogen) atoms. The predicted molar refractivity (Wildman–Crippen MR) is 512 cm³/mol. The molecule has 19 heterocycles. The van der Waals surface area contributed by atoms with Gasteiger partial charge in [-0.3, -0.25) is 28.1 Å². The number of fused-ring (bicyclic) bond motifs is 6. The molecule has 18 aromatic heterocycles. The summed E-state index contributed by atoms with van der Waals surface area (Å²) in [5.41, 5.74) is 23.9. The summed E-state index contributed by atoms with van der Waals surface area (Å²) in [7, 11) is 16.7. The quantitative estimate of drug-likeness (QED) is 0.0355. The van der Waals surface area contributed by atoms with E-state index in [-0.39, 0.29) is 11.4 Å². The number of hydrogen-bond donors (Lipinski definition) is 12. The normalized spacial score (nSPS) is 12.7. The van der Waals surface area contributed by atoms with Crippen LogP contribution in [-0.4, -0.2) is 184 Å². The van der Waals surface area contributed by atoms with Crippen LogP contribution in [0.25, 0.3) is 133 Å². The first-order chi connectivity index (χ1) is 63.0. The lowest BCUT2D eigenvalue weighted by atomic mass is 10.0. The minimum atomic E-state index is -4.53. The molecular formula is C94H112F6N32. The van der Waals surface area contributed by atoms with Crippen molar-refractivity contribution in [2.45, 2.75) is 145 Å². The number of aryl methyl sites for hydroxylation is 10. The van der Waals surface area contributed by atoms with E-state index in [0.717, 1.165) is 169 Å². The van der Waals surface area contributed by atoms with Crippen LogP contribution >= 0.6 is 0 Å². The molecule has 32 nitrogen and oxygen atoms in total. The minimum absolute atomic E-state index is 0.0239. The average Bonchev–Trinajstić information content (AvgIpc) is 1.59. The maximum Gasteiger partial charge on any atom is 0.419 e. The lowest BCUT2D eigenvalue weighted by Gasteiger charge is -2.28. The van der Waals surface area contributed by atoms with E-state index in [1.54, 1.807) is 43.3 Å². The minimum Gasteiger partial charge on any atom is -0.387 e. The number of pyridine rings is 6. The number of likely N-dealkylation sites (tertiary alicyclic amines) is 1. The van der Waals surface area contributed by atoms with Crippen molar-refractivity contribution in [2.75, 3.05) is 80.2 Å². The van der Waals surface area contributed by atoms with Crippen LogP contribution in [0.2, 0.25) is 0 Å². The Balaban J connectivity index is 0.000000128. The molecule has 18 aromatic rings. The summed E-state index contributed by atoms with van der Waals surface area (Å²) in [6.07, 6.45) is 26.0. The lowest BCUT2D eigenvalue weighted by molar-refractivity contribution is -0.137. The van der Waals surface area contributed by atoms with Gasteiger partial charge in [0, 0.05) is 245 Å². The van der Waals surface area contributed by atoms with Crippen LogP contribution in [-0.2, 0) is 58.9 Å². The van der Waals surface area contributed by atoms with E-state index in [4.69, 9.17) is 0 Å². The van der Waals surface area contributed by atoms with Crippen molar-refractivity contribution in [3.05, 3.63) is 181 Å². The highest BCUT2D eigenvalue weighted by Gasteiger charge is 2.38. The second-order valence-corrected chi connectivity index (χ2v) is 33.8. The molecule has 0 radical (unpaired) electrons. The van der Waals surface area contributed by atoms with Crippen LogP contribution in [0.1, 0.15) is 119 Å². The molecule has 1 saturated heterocycles. The van der Waals surface area contributed by atoms with Gasteiger partial charge in [0.1, 0.15) is 39.4 Å². The Kier molecular flexibility index (Phi) is 27.2. The van der Waals surface area contributed by atoms with E-state index < -0.39 is 29.0 Å². The smallest absolute Gasteiger partial charge is 0.387 e. The summed E-state index contributed by atoms with van der Waals surface area (Å²) >= 11 is 0. The summed E-state index contributed by atoms with van der Waals surface area (Å²) in [5.74, 6) is 0. The third-order valence-corrected chi connectivity index (χ3v) is 23.4. The van der Waals surface area contributed by atoms with Crippen molar-refractivity contribution in [3.8, 4) is 73.4 Å². The standard InChI is InChI=1S/C18H21F3N6.C17H23N5.C16H15F3N6.2C15H19N5.C13H15N5/c1-22-16-14(18(19,20)21)9-24-17-15(16)13(8-23-17)11-7-25-27(10-11)12-3-5-26(2)6-4-12;1-6-12-7-14(21-22(12)5)13-9-19-17-15(11(4)8-18-17)16(13)20-10(2)3;1-15(2,8-20)25-7-9(4-24-25)10-5-22-14-12(10)13(21-3)11(6-23-14)16(17,18)19;1-9(2)18-14-11(12-5-6-20(4)19-12)8-17-15-13(14)10(3)7-16-15;1-5-10-6-12(19-20(10)4)11-8-18-15-13(14(11)16-3)9(2)7-17-15;1-8-6-15-13-11(8)12(14-2)9(7-16-13)10-4-5-18(3)17-10/h7-10,12H,3-6H2,1-2H3,(H2,22,23,24);7-10H,6H2,1-5H3,(H2,18,19,20);4-7H,1-3H3,(H2,21,22,23);5-9H,1-4H3,(H2,16,17,18);6-8H,5H2,1-4H3,(H2,16,17,18);4-7H,1-3H3,(H2,14,15,16). The SMILES string of the molecule is CCc1cc(-c2cnc3[nH]cc(C)c3c2NC(C)C)nn1C.CCc1cc(-c2cnc3[nH]cc(C)c3c2NC)nn1C.CNc1c(-c2ccn(C)n2)cnc2[nH]cc(C)c12.CNc1c(C(F)(F)F)cnc2[nH]cc(-c3cnn(C(C)(C)C#N)c3)c12.CNc1c(C(F)(F)F)cnc2[nH]cc(-c3cnn(C4CCN(C)CC4)c3)c12.Cc1c[nH]c2ncc(-c3ccn(C)n3)c(NC(C)C)c12. The summed E-state index contributed by atoms with van der Waals surface area (Å²) in [5, 5.41) is 60.4. The lowest BCUT2D eigenvalue weighted by Crippen LogP contribution is -2.31. The van der Waals surface area contributed by atoms with Gasteiger partial charge in [-0.1, -0.05) is 13.8 Å². The van der Waals surface area contributed by atoms with Gasteiger partial charge in [0.25, 0.3) is 0 Å². The highest BCUT2D eigenvalue weighted by atomic mass is 19.4. The van der Waals surface area contributed by atoms with E-state index in [1.807, 2.05) is 141 Å². The number of nitrogens with zero attached hydrogens (tertiary/aromatic N) is 20. The second kappa shape index (κ2) is 38.5. The molecule has 1 fully saturated rings. The van der Waals surface area contributed by atoms with E-state index in [9.17, 15) is 31.6 Å². The van der Waals surface area contributed by atoms with Gasteiger partial charge in [-0.15, -0.1) is 0 Å². The molecule has 0 spiro atoms. The fraction of sp³-hybridized carbons (Fsp3) is 0.351. The van der Waals surface area contributed by atoms with Gasteiger partial charge in [0.05, 0.1) is 103 Å². The predicted octanol–water partition coefficient (Wildman–Crippen LogP) is 19.4. The number of alkyl halides is 6. The number of hydrogen-bond acceptors (Lipinski definition) is 20. The number of aromatic amines is 6. The maximum atomic E-state index is 13.4. The summed E-state index contributed by atoms with van der Waals surface area (Å²) in [6.45, 7) is 26.6. The fourth-order valence-electron chi connectivity index (χ4n) is 16.6.